The Morgan fingerprint density at radius 3 is 3.14 bits per heavy atom. The van der Waals surface area contributed by atoms with Gasteiger partial charge in [0, 0.05) is 12.0 Å². The number of thiocarbonyl (C=S) groups is 1. The summed E-state index contributed by atoms with van der Waals surface area (Å²) in [5.41, 5.74) is 2.27. The highest BCUT2D eigenvalue weighted by molar-refractivity contribution is 7.78. The van der Waals surface area contributed by atoms with Gasteiger partial charge < -0.3 is 9.84 Å². The van der Waals surface area contributed by atoms with Gasteiger partial charge in [0.05, 0.1) is 11.8 Å². The third-order valence-corrected chi connectivity index (χ3v) is 2.38. The molecule has 1 heterocycles. The molecule has 1 N–H and O–H groups in total. The minimum atomic E-state index is 0.306. The topological polar surface area (TPSA) is 41.8 Å². The van der Waals surface area contributed by atoms with E-state index in [1.165, 1.54) is 0 Å². The number of hydrogen-bond acceptors (Lipinski definition) is 4. The van der Waals surface area contributed by atoms with Crippen LogP contribution in [0, 0.1) is 6.92 Å². The maximum absolute atomic E-state index is 9.74. The summed E-state index contributed by atoms with van der Waals surface area (Å²) in [5, 5.41) is 12.1. The van der Waals surface area contributed by atoms with E-state index in [0.717, 1.165) is 17.5 Å². The first-order valence-electron chi connectivity index (χ1n) is 4.30. The molecule has 0 fully saturated rings. The average molecular weight is 207 g/mol. The second kappa shape index (κ2) is 3.40. The van der Waals surface area contributed by atoms with Crippen LogP contribution in [0.4, 0.5) is 5.69 Å². The van der Waals surface area contributed by atoms with Gasteiger partial charge in [-0.1, -0.05) is 0 Å². The van der Waals surface area contributed by atoms with Crippen LogP contribution in [0.25, 0.3) is 0 Å². The molecule has 72 valence electrons. The molecular weight excluding hydrogens is 198 g/mol. The number of fused-ring (bicyclic) bond motifs is 1. The highest BCUT2D eigenvalue weighted by Crippen LogP contribution is 2.42. The molecule has 0 aliphatic carbocycles. The molecule has 1 aliphatic rings. The third-order valence-electron chi connectivity index (χ3n) is 2.28. The molecule has 0 amide bonds. The molecule has 14 heavy (non-hydrogen) atoms. The summed E-state index contributed by atoms with van der Waals surface area (Å²) in [7, 11) is 0. The van der Waals surface area contributed by atoms with E-state index >= 15 is 0 Å². The fourth-order valence-corrected chi connectivity index (χ4v) is 1.72. The van der Waals surface area contributed by atoms with Crippen LogP contribution in [0.1, 0.15) is 11.1 Å². The van der Waals surface area contributed by atoms with Gasteiger partial charge in [0.15, 0.2) is 5.75 Å². The first-order valence-corrected chi connectivity index (χ1v) is 4.71. The van der Waals surface area contributed by atoms with Crippen molar-refractivity contribution in [3.63, 3.8) is 0 Å². The maximum Gasteiger partial charge on any atom is 0.152 e. The summed E-state index contributed by atoms with van der Waals surface area (Å²) in [6.45, 7) is 2.42. The SMILES string of the molecule is Cc1cc(N=C=S)c2c(c1O)CCO2. The zero-order chi connectivity index (χ0) is 10.1. The van der Waals surface area contributed by atoms with Crippen molar-refractivity contribution in [2.75, 3.05) is 6.61 Å². The zero-order valence-electron chi connectivity index (χ0n) is 7.70. The summed E-state index contributed by atoms with van der Waals surface area (Å²) in [6, 6.07) is 1.75. The standard InChI is InChI=1S/C10H9NO2S/c1-6-4-8(11-5-14)10-7(9(6)12)2-3-13-10/h4,12H,2-3H2,1H3. The average Bonchev–Trinajstić information content (AvgIpc) is 2.63. The zero-order valence-corrected chi connectivity index (χ0v) is 8.52. The van der Waals surface area contributed by atoms with Crippen molar-refractivity contribution in [3.8, 4) is 11.5 Å². The van der Waals surface area contributed by atoms with Crippen molar-refractivity contribution in [1.29, 1.82) is 0 Å². The van der Waals surface area contributed by atoms with E-state index in [0.29, 0.717) is 23.8 Å². The molecule has 0 radical (unpaired) electrons. The Morgan fingerprint density at radius 2 is 2.43 bits per heavy atom. The Bertz CT molecular complexity index is 436. The van der Waals surface area contributed by atoms with Crippen molar-refractivity contribution in [3.05, 3.63) is 17.2 Å². The predicted octanol–water partition coefficient (Wildman–Crippen LogP) is 2.37. The van der Waals surface area contributed by atoms with Gasteiger partial charge in [-0.25, -0.2) is 0 Å². The highest BCUT2D eigenvalue weighted by Gasteiger charge is 2.21. The summed E-state index contributed by atoms with van der Waals surface area (Å²) in [4.78, 5) is 3.91. The smallest absolute Gasteiger partial charge is 0.152 e. The number of ether oxygens (including phenoxy) is 1. The van der Waals surface area contributed by atoms with E-state index in [1.807, 2.05) is 6.92 Å². The van der Waals surface area contributed by atoms with Crippen LogP contribution >= 0.6 is 12.2 Å². The lowest BCUT2D eigenvalue weighted by atomic mass is 10.1. The normalized spacial score (nSPS) is 12.9. The Morgan fingerprint density at radius 1 is 1.64 bits per heavy atom. The van der Waals surface area contributed by atoms with Crippen LogP contribution in [0.3, 0.4) is 0 Å². The van der Waals surface area contributed by atoms with Crippen LogP contribution in [-0.4, -0.2) is 16.9 Å². The fourth-order valence-electron chi connectivity index (χ4n) is 1.62. The molecule has 1 aromatic carbocycles. The molecule has 0 spiro atoms. The molecule has 0 saturated carbocycles. The van der Waals surface area contributed by atoms with Gasteiger partial charge in [-0.2, -0.15) is 4.99 Å². The number of nitrogens with zero attached hydrogens (tertiary/aromatic N) is 1. The number of aromatic hydroxyl groups is 1. The molecule has 1 aliphatic heterocycles. The second-order valence-corrected chi connectivity index (χ2v) is 3.35. The molecule has 3 nitrogen and oxygen atoms in total. The molecule has 4 heteroatoms. The van der Waals surface area contributed by atoms with E-state index < -0.39 is 0 Å². The summed E-state index contributed by atoms with van der Waals surface area (Å²) in [6.07, 6.45) is 0.725. The van der Waals surface area contributed by atoms with Crippen molar-refractivity contribution in [2.45, 2.75) is 13.3 Å². The van der Waals surface area contributed by atoms with Crippen molar-refractivity contribution >= 4 is 23.1 Å². The first kappa shape index (κ1) is 9.19. The van der Waals surface area contributed by atoms with Crippen LogP contribution in [0.2, 0.25) is 0 Å². The largest absolute Gasteiger partial charge is 0.507 e. The molecule has 0 aromatic heterocycles. The fraction of sp³-hybridized carbons (Fsp3) is 0.300. The van der Waals surface area contributed by atoms with Crippen molar-refractivity contribution < 1.29 is 9.84 Å². The second-order valence-electron chi connectivity index (χ2n) is 3.17. The number of benzene rings is 1. The van der Waals surface area contributed by atoms with E-state index in [2.05, 4.69) is 22.4 Å². The number of rotatable bonds is 1. The quantitative estimate of drug-likeness (QED) is 0.567. The summed E-state index contributed by atoms with van der Waals surface area (Å²) in [5.74, 6) is 0.950. The van der Waals surface area contributed by atoms with Gasteiger partial charge >= 0.3 is 0 Å². The molecule has 2 rings (SSSR count). The highest BCUT2D eigenvalue weighted by atomic mass is 32.1. The van der Waals surface area contributed by atoms with Gasteiger partial charge in [-0.3, -0.25) is 0 Å². The molecule has 1 aromatic rings. The number of aryl methyl sites for hydroxylation is 1. The van der Waals surface area contributed by atoms with Crippen LogP contribution in [-0.2, 0) is 6.42 Å². The van der Waals surface area contributed by atoms with Gasteiger partial charge in [0.25, 0.3) is 0 Å². The predicted molar refractivity (Wildman–Crippen MR) is 56.7 cm³/mol. The summed E-state index contributed by atoms with van der Waals surface area (Å²) < 4.78 is 5.38. The Labute approximate surface area is 87.0 Å². The van der Waals surface area contributed by atoms with Crippen LogP contribution in [0.15, 0.2) is 11.1 Å². The first-order chi connectivity index (χ1) is 6.74. The number of phenols is 1. The Hall–Kier alpha value is -1.38. The summed E-state index contributed by atoms with van der Waals surface area (Å²) >= 11 is 4.55. The minimum absolute atomic E-state index is 0.306. The third kappa shape index (κ3) is 1.29. The number of hydrogen-bond donors (Lipinski definition) is 1. The number of phenolic OH excluding ortho intramolecular Hbond substituents is 1. The Balaban J connectivity index is 2.69. The van der Waals surface area contributed by atoms with Gasteiger partial charge in [-0.15, -0.1) is 0 Å². The molecule has 0 atom stereocenters. The van der Waals surface area contributed by atoms with E-state index in [1.54, 1.807) is 6.07 Å². The molecule has 0 bridgehead atoms. The lowest BCUT2D eigenvalue weighted by Crippen LogP contribution is -1.86. The van der Waals surface area contributed by atoms with Crippen molar-refractivity contribution in [2.24, 2.45) is 4.99 Å². The van der Waals surface area contributed by atoms with Crippen LogP contribution in [0.5, 0.6) is 11.5 Å². The monoisotopic (exact) mass is 207 g/mol. The maximum atomic E-state index is 9.74. The Kier molecular flexibility index (Phi) is 2.23. The number of isothiocyanates is 1. The van der Waals surface area contributed by atoms with E-state index in [9.17, 15) is 5.11 Å². The number of aliphatic imine (C=N–C) groups is 1. The van der Waals surface area contributed by atoms with E-state index in [4.69, 9.17) is 4.74 Å². The van der Waals surface area contributed by atoms with Crippen LogP contribution < -0.4 is 4.74 Å². The molecule has 0 saturated heterocycles. The lowest BCUT2D eigenvalue weighted by molar-refractivity contribution is 0.358. The van der Waals surface area contributed by atoms with Gasteiger partial charge in [0.2, 0.25) is 0 Å². The van der Waals surface area contributed by atoms with E-state index in [-0.39, 0.29) is 0 Å². The molecular formula is C10H9NO2S. The minimum Gasteiger partial charge on any atom is -0.507 e. The van der Waals surface area contributed by atoms with Crippen molar-refractivity contribution in [1.82, 2.24) is 0 Å². The van der Waals surface area contributed by atoms with Gasteiger partial charge in [-0.05, 0) is 30.8 Å². The molecule has 0 unspecified atom stereocenters. The lowest BCUT2D eigenvalue weighted by Gasteiger charge is -2.06. The van der Waals surface area contributed by atoms with Gasteiger partial charge in [0.1, 0.15) is 11.4 Å².